The molecule has 1 amide bonds. The summed E-state index contributed by atoms with van der Waals surface area (Å²) in [5.41, 5.74) is 2.13. The summed E-state index contributed by atoms with van der Waals surface area (Å²) in [4.78, 5) is 21.2. The van der Waals surface area contributed by atoms with E-state index in [-0.39, 0.29) is 30.7 Å². The molecule has 8 heteroatoms. The number of amides is 1. The van der Waals surface area contributed by atoms with Crippen molar-refractivity contribution in [1.29, 1.82) is 0 Å². The van der Waals surface area contributed by atoms with Crippen LogP contribution in [0.1, 0.15) is 12.0 Å². The molecule has 0 saturated carbocycles. The SMILES string of the molecule is Cl.Cl.O=C(CN(Cc1cccnc1)c1ccccc1)NCCCN1CCNCC1. The predicted molar refractivity (Wildman–Crippen MR) is 123 cm³/mol. The monoisotopic (exact) mass is 439 g/mol. The zero-order valence-corrected chi connectivity index (χ0v) is 18.3. The Balaban J connectivity index is 0.00000210. The minimum Gasteiger partial charge on any atom is -0.358 e. The van der Waals surface area contributed by atoms with E-state index in [1.807, 2.05) is 48.7 Å². The highest BCUT2D eigenvalue weighted by atomic mass is 35.5. The van der Waals surface area contributed by atoms with Crippen LogP contribution in [-0.4, -0.2) is 61.6 Å². The summed E-state index contributed by atoms with van der Waals surface area (Å²) >= 11 is 0. The van der Waals surface area contributed by atoms with Crippen LogP contribution in [-0.2, 0) is 11.3 Å². The fourth-order valence-corrected chi connectivity index (χ4v) is 3.28. The van der Waals surface area contributed by atoms with Gasteiger partial charge in [-0.05, 0) is 36.7 Å². The third-order valence-corrected chi connectivity index (χ3v) is 4.73. The summed E-state index contributed by atoms with van der Waals surface area (Å²) in [6.45, 7) is 7.08. The summed E-state index contributed by atoms with van der Waals surface area (Å²) in [6, 6.07) is 14.0. The number of aromatic nitrogens is 1. The van der Waals surface area contributed by atoms with E-state index in [0.29, 0.717) is 13.1 Å². The molecule has 0 unspecified atom stereocenters. The number of nitrogens with zero attached hydrogens (tertiary/aromatic N) is 3. The molecule has 1 aromatic carbocycles. The third-order valence-electron chi connectivity index (χ3n) is 4.73. The number of nitrogens with one attached hydrogen (secondary N) is 2. The molecule has 0 spiro atoms. The van der Waals surface area contributed by atoms with E-state index in [9.17, 15) is 4.79 Å². The summed E-state index contributed by atoms with van der Waals surface area (Å²) in [7, 11) is 0. The van der Waals surface area contributed by atoms with Gasteiger partial charge in [0.05, 0.1) is 6.54 Å². The third kappa shape index (κ3) is 9.00. The zero-order valence-electron chi connectivity index (χ0n) is 16.6. The van der Waals surface area contributed by atoms with E-state index in [4.69, 9.17) is 0 Å². The standard InChI is InChI=1S/C21H29N5O.2ClH/c27-21(24-10-5-13-25-14-11-22-12-15-25)18-26(20-7-2-1-3-8-20)17-19-6-4-9-23-16-19;;/h1-4,6-9,16,22H,5,10-15,17-18H2,(H,24,27);2*1H. The van der Waals surface area contributed by atoms with Gasteiger partial charge in [0.25, 0.3) is 0 Å². The van der Waals surface area contributed by atoms with E-state index in [1.54, 1.807) is 6.20 Å². The highest BCUT2D eigenvalue weighted by molar-refractivity contribution is 5.85. The van der Waals surface area contributed by atoms with Crippen LogP contribution in [0.2, 0.25) is 0 Å². The first-order valence-electron chi connectivity index (χ1n) is 9.70. The van der Waals surface area contributed by atoms with Crippen molar-refractivity contribution in [2.24, 2.45) is 0 Å². The van der Waals surface area contributed by atoms with Crippen molar-refractivity contribution in [3.05, 3.63) is 60.4 Å². The Labute approximate surface area is 185 Å². The number of hydrogen-bond acceptors (Lipinski definition) is 5. The Morgan fingerprint density at radius 1 is 1.10 bits per heavy atom. The first-order valence-corrected chi connectivity index (χ1v) is 9.70. The minimum atomic E-state index is 0. The van der Waals surface area contributed by atoms with E-state index < -0.39 is 0 Å². The number of piperazine rings is 1. The highest BCUT2D eigenvalue weighted by Crippen LogP contribution is 2.16. The molecule has 0 bridgehead atoms. The Hall–Kier alpha value is -1.86. The Kier molecular flexibility index (Phi) is 12.3. The molecule has 1 aliphatic rings. The van der Waals surface area contributed by atoms with E-state index in [2.05, 4.69) is 25.4 Å². The molecule has 3 rings (SSSR count). The molecule has 160 valence electrons. The maximum Gasteiger partial charge on any atom is 0.239 e. The number of para-hydroxylation sites is 1. The van der Waals surface area contributed by atoms with E-state index >= 15 is 0 Å². The molecular formula is C21H31Cl2N5O. The number of benzene rings is 1. The number of rotatable bonds is 9. The van der Waals surface area contributed by atoms with Crippen molar-refractivity contribution in [2.75, 3.05) is 50.7 Å². The van der Waals surface area contributed by atoms with Crippen molar-refractivity contribution in [3.8, 4) is 0 Å². The van der Waals surface area contributed by atoms with Gasteiger partial charge in [0.15, 0.2) is 0 Å². The lowest BCUT2D eigenvalue weighted by Gasteiger charge is -2.27. The molecule has 2 heterocycles. The maximum absolute atomic E-state index is 12.5. The summed E-state index contributed by atoms with van der Waals surface area (Å²) in [5.74, 6) is 0.0584. The van der Waals surface area contributed by atoms with Crippen LogP contribution < -0.4 is 15.5 Å². The van der Waals surface area contributed by atoms with Crippen molar-refractivity contribution >= 4 is 36.4 Å². The van der Waals surface area contributed by atoms with Crippen molar-refractivity contribution in [1.82, 2.24) is 20.5 Å². The summed E-state index contributed by atoms with van der Waals surface area (Å²) < 4.78 is 0. The molecule has 2 aromatic rings. The molecule has 1 fully saturated rings. The zero-order chi connectivity index (χ0) is 18.7. The molecule has 0 radical (unpaired) electrons. The quantitative estimate of drug-likeness (QED) is 0.587. The molecule has 0 aliphatic carbocycles. The molecule has 1 saturated heterocycles. The van der Waals surface area contributed by atoms with Gasteiger partial charge >= 0.3 is 0 Å². The fraction of sp³-hybridized carbons (Fsp3) is 0.429. The number of halogens is 2. The second kappa shape index (κ2) is 14.2. The highest BCUT2D eigenvalue weighted by Gasteiger charge is 2.13. The molecule has 0 atom stereocenters. The van der Waals surface area contributed by atoms with Gasteiger partial charge in [0.2, 0.25) is 5.91 Å². The van der Waals surface area contributed by atoms with Gasteiger partial charge in [0, 0.05) is 57.3 Å². The Morgan fingerprint density at radius 3 is 2.55 bits per heavy atom. The summed E-state index contributed by atoms with van der Waals surface area (Å²) in [5, 5.41) is 6.43. The molecule has 1 aliphatic heterocycles. The first kappa shape index (κ1) is 25.2. The van der Waals surface area contributed by atoms with E-state index in [1.165, 1.54) is 0 Å². The number of carbonyl (C=O) groups excluding carboxylic acids is 1. The number of anilines is 1. The first-order chi connectivity index (χ1) is 13.3. The van der Waals surface area contributed by atoms with Crippen LogP contribution in [0.25, 0.3) is 0 Å². The van der Waals surface area contributed by atoms with Crippen molar-refractivity contribution in [2.45, 2.75) is 13.0 Å². The lowest BCUT2D eigenvalue weighted by Crippen LogP contribution is -2.44. The Bertz CT molecular complexity index is 684. The largest absolute Gasteiger partial charge is 0.358 e. The molecule has 1 aromatic heterocycles. The number of pyridine rings is 1. The molecule has 2 N–H and O–H groups in total. The lowest BCUT2D eigenvalue weighted by atomic mass is 10.2. The van der Waals surface area contributed by atoms with Gasteiger partial charge in [-0.25, -0.2) is 0 Å². The van der Waals surface area contributed by atoms with Gasteiger partial charge in [-0.2, -0.15) is 0 Å². The smallest absolute Gasteiger partial charge is 0.239 e. The van der Waals surface area contributed by atoms with Crippen LogP contribution in [0.5, 0.6) is 0 Å². The Morgan fingerprint density at radius 2 is 1.86 bits per heavy atom. The number of carbonyl (C=O) groups is 1. The normalized spacial score (nSPS) is 13.7. The van der Waals surface area contributed by atoms with Gasteiger partial charge in [-0.1, -0.05) is 24.3 Å². The van der Waals surface area contributed by atoms with Crippen LogP contribution in [0.4, 0.5) is 5.69 Å². The van der Waals surface area contributed by atoms with Crippen molar-refractivity contribution in [3.63, 3.8) is 0 Å². The lowest BCUT2D eigenvalue weighted by molar-refractivity contribution is -0.119. The second-order valence-electron chi connectivity index (χ2n) is 6.85. The average Bonchev–Trinajstić information content (AvgIpc) is 2.73. The summed E-state index contributed by atoms with van der Waals surface area (Å²) in [6.07, 6.45) is 4.60. The van der Waals surface area contributed by atoms with Crippen LogP contribution >= 0.6 is 24.8 Å². The second-order valence-corrected chi connectivity index (χ2v) is 6.85. The van der Waals surface area contributed by atoms with Gasteiger partial charge in [-0.3, -0.25) is 9.78 Å². The minimum absolute atomic E-state index is 0. The maximum atomic E-state index is 12.5. The molecule has 6 nitrogen and oxygen atoms in total. The van der Waals surface area contributed by atoms with Crippen LogP contribution in [0.15, 0.2) is 54.9 Å². The predicted octanol–water partition coefficient (Wildman–Crippen LogP) is 2.34. The molecular weight excluding hydrogens is 409 g/mol. The van der Waals surface area contributed by atoms with Gasteiger partial charge in [0.1, 0.15) is 0 Å². The van der Waals surface area contributed by atoms with Gasteiger partial charge < -0.3 is 20.4 Å². The van der Waals surface area contributed by atoms with E-state index in [0.717, 1.165) is 56.9 Å². The average molecular weight is 440 g/mol. The fourth-order valence-electron chi connectivity index (χ4n) is 3.28. The number of hydrogen-bond donors (Lipinski definition) is 2. The van der Waals surface area contributed by atoms with Crippen molar-refractivity contribution < 1.29 is 4.79 Å². The van der Waals surface area contributed by atoms with Crippen LogP contribution in [0, 0.1) is 0 Å². The topological polar surface area (TPSA) is 60.5 Å². The van der Waals surface area contributed by atoms with Gasteiger partial charge in [-0.15, -0.1) is 24.8 Å². The molecule has 29 heavy (non-hydrogen) atoms. The van der Waals surface area contributed by atoms with Crippen LogP contribution in [0.3, 0.4) is 0 Å².